The van der Waals surface area contributed by atoms with Crippen LogP contribution in [0.2, 0.25) is 0 Å². The number of rotatable bonds is 2. The largest absolute Gasteiger partial charge is 0.347 e. The Morgan fingerprint density at radius 1 is 1.40 bits per heavy atom. The third-order valence-corrected chi connectivity index (χ3v) is 3.35. The van der Waals surface area contributed by atoms with Gasteiger partial charge in [-0.3, -0.25) is 14.6 Å². The first-order chi connectivity index (χ1) is 9.50. The number of aromatic nitrogens is 1. The first-order valence-corrected chi connectivity index (χ1v) is 6.65. The highest BCUT2D eigenvalue weighted by Gasteiger charge is 2.33. The number of piperazine rings is 1. The number of nitrogens with one attached hydrogen (secondary N) is 1. The Kier molecular flexibility index (Phi) is 4.34. The minimum absolute atomic E-state index is 0.0637. The van der Waals surface area contributed by atoms with E-state index in [-0.39, 0.29) is 11.8 Å². The van der Waals surface area contributed by atoms with E-state index in [2.05, 4.69) is 10.3 Å². The van der Waals surface area contributed by atoms with Crippen LogP contribution < -0.4 is 5.32 Å². The van der Waals surface area contributed by atoms with Gasteiger partial charge in [0.1, 0.15) is 6.04 Å². The molecule has 1 aliphatic rings. The van der Waals surface area contributed by atoms with Crippen molar-refractivity contribution in [1.29, 1.82) is 0 Å². The molecule has 0 bridgehead atoms. The second-order valence-corrected chi connectivity index (χ2v) is 5.20. The fourth-order valence-electron chi connectivity index (χ4n) is 2.30. The Labute approximate surface area is 118 Å². The SMILES string of the molecule is Cc1cncc(C(=O)N2CCNCC2C(=O)N(C)C)c1. The quantitative estimate of drug-likeness (QED) is 0.819. The third kappa shape index (κ3) is 2.96. The Morgan fingerprint density at radius 2 is 2.15 bits per heavy atom. The second-order valence-electron chi connectivity index (χ2n) is 5.20. The summed E-state index contributed by atoms with van der Waals surface area (Å²) in [5.41, 5.74) is 1.46. The number of aryl methyl sites for hydroxylation is 1. The van der Waals surface area contributed by atoms with Crippen molar-refractivity contribution in [2.45, 2.75) is 13.0 Å². The summed E-state index contributed by atoms with van der Waals surface area (Å²) in [5.74, 6) is -0.200. The van der Waals surface area contributed by atoms with Crippen LogP contribution in [0.25, 0.3) is 0 Å². The lowest BCUT2D eigenvalue weighted by atomic mass is 10.1. The molecule has 2 rings (SSSR count). The van der Waals surface area contributed by atoms with Gasteiger partial charge in [-0.2, -0.15) is 0 Å². The van der Waals surface area contributed by atoms with Crippen molar-refractivity contribution in [2.24, 2.45) is 0 Å². The zero-order chi connectivity index (χ0) is 14.7. The predicted molar refractivity (Wildman–Crippen MR) is 75.4 cm³/mol. The lowest BCUT2D eigenvalue weighted by molar-refractivity contribution is -0.134. The van der Waals surface area contributed by atoms with Gasteiger partial charge in [0.2, 0.25) is 5.91 Å². The standard InChI is InChI=1S/C14H20N4O2/c1-10-6-11(8-16-7-10)13(19)18-5-4-15-9-12(18)14(20)17(2)3/h6-8,12,15H,4-5,9H2,1-3H3. The first-order valence-electron chi connectivity index (χ1n) is 6.65. The second kappa shape index (κ2) is 6.00. The third-order valence-electron chi connectivity index (χ3n) is 3.35. The zero-order valence-electron chi connectivity index (χ0n) is 12.1. The normalized spacial score (nSPS) is 18.8. The molecule has 1 aromatic heterocycles. The zero-order valence-corrected chi connectivity index (χ0v) is 12.1. The molecule has 6 nitrogen and oxygen atoms in total. The van der Waals surface area contributed by atoms with E-state index in [9.17, 15) is 9.59 Å². The molecule has 2 heterocycles. The maximum Gasteiger partial charge on any atom is 0.256 e. The molecule has 1 saturated heterocycles. The predicted octanol–water partition coefficient (Wildman–Crippen LogP) is -0.108. The molecule has 1 fully saturated rings. The number of carbonyl (C=O) groups is 2. The minimum atomic E-state index is -0.452. The van der Waals surface area contributed by atoms with Crippen molar-refractivity contribution >= 4 is 11.8 Å². The van der Waals surface area contributed by atoms with Crippen LogP contribution >= 0.6 is 0 Å². The Hall–Kier alpha value is -1.95. The summed E-state index contributed by atoms with van der Waals surface area (Å²) in [6.07, 6.45) is 3.26. The van der Waals surface area contributed by atoms with Gasteiger partial charge >= 0.3 is 0 Å². The first kappa shape index (κ1) is 14.5. The van der Waals surface area contributed by atoms with E-state index in [0.717, 1.165) is 5.56 Å². The summed E-state index contributed by atoms with van der Waals surface area (Å²) < 4.78 is 0. The Balaban J connectivity index is 2.23. The topological polar surface area (TPSA) is 65.5 Å². The number of pyridine rings is 1. The van der Waals surface area contributed by atoms with Gasteiger partial charge in [-0.1, -0.05) is 0 Å². The van der Waals surface area contributed by atoms with Crippen LogP contribution in [-0.4, -0.2) is 66.4 Å². The molecule has 1 N–H and O–H groups in total. The molecule has 6 heteroatoms. The van der Waals surface area contributed by atoms with Gasteiger partial charge in [-0.25, -0.2) is 0 Å². The maximum absolute atomic E-state index is 12.6. The number of amides is 2. The monoisotopic (exact) mass is 276 g/mol. The molecule has 0 aliphatic carbocycles. The Morgan fingerprint density at radius 3 is 2.80 bits per heavy atom. The summed E-state index contributed by atoms with van der Waals surface area (Å²) in [6, 6.07) is 1.35. The number of likely N-dealkylation sites (N-methyl/N-ethyl adjacent to an activating group) is 1. The molecule has 0 aromatic carbocycles. The highest BCUT2D eigenvalue weighted by atomic mass is 16.2. The van der Waals surface area contributed by atoms with Crippen LogP contribution in [0, 0.1) is 6.92 Å². The molecule has 1 unspecified atom stereocenters. The van der Waals surface area contributed by atoms with Gasteiger partial charge in [-0.05, 0) is 18.6 Å². The number of nitrogens with zero attached hydrogens (tertiary/aromatic N) is 3. The number of hydrogen-bond acceptors (Lipinski definition) is 4. The molecule has 2 amide bonds. The van der Waals surface area contributed by atoms with Crippen LogP contribution in [0.1, 0.15) is 15.9 Å². The van der Waals surface area contributed by atoms with Crippen molar-refractivity contribution in [3.8, 4) is 0 Å². The summed E-state index contributed by atoms with van der Waals surface area (Å²) >= 11 is 0. The van der Waals surface area contributed by atoms with Gasteiger partial charge in [0.25, 0.3) is 5.91 Å². The number of hydrogen-bond donors (Lipinski definition) is 1. The molecule has 20 heavy (non-hydrogen) atoms. The van der Waals surface area contributed by atoms with Gasteiger partial charge in [-0.15, -0.1) is 0 Å². The molecule has 1 aromatic rings. The van der Waals surface area contributed by atoms with Crippen molar-refractivity contribution < 1.29 is 9.59 Å². The van der Waals surface area contributed by atoms with Gasteiger partial charge in [0.05, 0.1) is 5.56 Å². The molecule has 1 aliphatic heterocycles. The summed E-state index contributed by atoms with van der Waals surface area (Å²) in [7, 11) is 3.40. The molecular formula is C14H20N4O2. The highest BCUT2D eigenvalue weighted by molar-refractivity contribution is 5.97. The molecule has 0 spiro atoms. The van der Waals surface area contributed by atoms with E-state index in [1.54, 1.807) is 37.5 Å². The summed E-state index contributed by atoms with van der Waals surface area (Å²) in [4.78, 5) is 32.0. The maximum atomic E-state index is 12.6. The molecule has 0 saturated carbocycles. The van der Waals surface area contributed by atoms with Crippen LogP contribution in [0.3, 0.4) is 0 Å². The van der Waals surface area contributed by atoms with Crippen molar-refractivity contribution in [1.82, 2.24) is 20.1 Å². The minimum Gasteiger partial charge on any atom is -0.347 e. The van der Waals surface area contributed by atoms with Crippen molar-refractivity contribution in [3.63, 3.8) is 0 Å². The number of carbonyl (C=O) groups excluding carboxylic acids is 2. The lowest BCUT2D eigenvalue weighted by Gasteiger charge is -2.36. The van der Waals surface area contributed by atoms with Gasteiger partial charge in [0.15, 0.2) is 0 Å². The summed E-state index contributed by atoms with van der Waals surface area (Å²) in [6.45, 7) is 3.60. The summed E-state index contributed by atoms with van der Waals surface area (Å²) in [5, 5.41) is 3.16. The van der Waals surface area contributed by atoms with E-state index in [1.165, 1.54) is 4.90 Å². The lowest BCUT2D eigenvalue weighted by Crippen LogP contribution is -2.59. The molecule has 1 atom stereocenters. The van der Waals surface area contributed by atoms with Crippen LogP contribution in [0.5, 0.6) is 0 Å². The van der Waals surface area contributed by atoms with E-state index < -0.39 is 6.04 Å². The van der Waals surface area contributed by atoms with Crippen LogP contribution in [-0.2, 0) is 4.79 Å². The van der Waals surface area contributed by atoms with E-state index >= 15 is 0 Å². The smallest absolute Gasteiger partial charge is 0.256 e. The average molecular weight is 276 g/mol. The van der Waals surface area contributed by atoms with E-state index in [1.807, 2.05) is 6.92 Å². The highest BCUT2D eigenvalue weighted by Crippen LogP contribution is 2.12. The van der Waals surface area contributed by atoms with Crippen molar-refractivity contribution in [2.75, 3.05) is 33.7 Å². The van der Waals surface area contributed by atoms with Gasteiger partial charge < -0.3 is 15.1 Å². The fourth-order valence-corrected chi connectivity index (χ4v) is 2.30. The fraction of sp³-hybridized carbons (Fsp3) is 0.500. The van der Waals surface area contributed by atoms with E-state index in [4.69, 9.17) is 0 Å². The van der Waals surface area contributed by atoms with Gasteiger partial charge in [0, 0.05) is 46.1 Å². The molecule has 108 valence electrons. The van der Waals surface area contributed by atoms with Crippen LogP contribution in [0.15, 0.2) is 18.5 Å². The molecular weight excluding hydrogens is 256 g/mol. The van der Waals surface area contributed by atoms with E-state index in [0.29, 0.717) is 25.2 Å². The molecule has 0 radical (unpaired) electrons. The van der Waals surface area contributed by atoms with Crippen molar-refractivity contribution in [3.05, 3.63) is 29.6 Å². The Bertz CT molecular complexity index is 516. The van der Waals surface area contributed by atoms with Crippen LogP contribution in [0.4, 0.5) is 0 Å². The average Bonchev–Trinajstić information content (AvgIpc) is 2.45.